The molecule has 0 spiro atoms. The van der Waals surface area contributed by atoms with Gasteiger partial charge < -0.3 is 10.1 Å². The molecule has 4 aromatic carbocycles. The van der Waals surface area contributed by atoms with Gasteiger partial charge in [-0.1, -0.05) is 110 Å². The maximum Gasteiger partial charge on any atom is 0.256 e. The largest absolute Gasteiger partial charge is 0.489 e. The fourth-order valence-electron chi connectivity index (χ4n) is 5.71. The number of carbonyl (C=O) groups is 1. The third-order valence-electron chi connectivity index (χ3n) is 7.90. The number of aromatic nitrogens is 1. The zero-order chi connectivity index (χ0) is 28.0. The summed E-state index contributed by atoms with van der Waals surface area (Å²) in [6.07, 6.45) is 1.81. The molecule has 1 aromatic heterocycles. The number of fused-ring (bicyclic) bond motifs is 2. The van der Waals surface area contributed by atoms with Crippen LogP contribution in [-0.2, 0) is 13.0 Å². The minimum absolute atomic E-state index is 0. The Labute approximate surface area is 254 Å². The normalized spacial score (nSPS) is 13.5. The van der Waals surface area contributed by atoms with Gasteiger partial charge in [-0.05, 0) is 35.6 Å². The van der Waals surface area contributed by atoms with E-state index in [1.54, 1.807) is 0 Å². The molecule has 1 unspecified atom stereocenters. The average Bonchev–Trinajstić information content (AvgIpc) is 3.03. The molecule has 42 heavy (non-hydrogen) atoms. The van der Waals surface area contributed by atoms with E-state index in [4.69, 9.17) is 9.72 Å². The van der Waals surface area contributed by atoms with E-state index < -0.39 is 0 Å². The van der Waals surface area contributed by atoms with E-state index in [9.17, 15) is 4.79 Å². The van der Waals surface area contributed by atoms with Gasteiger partial charge in [0.15, 0.2) is 5.75 Å². The Kier molecular flexibility index (Phi) is 9.52. The Balaban J connectivity index is 0.00000353. The van der Waals surface area contributed by atoms with Gasteiger partial charge in [0.2, 0.25) is 0 Å². The summed E-state index contributed by atoms with van der Waals surface area (Å²) in [5.41, 5.74) is 6.80. The smallest absolute Gasteiger partial charge is 0.256 e. The lowest BCUT2D eigenvalue weighted by molar-refractivity contribution is 0.0932. The summed E-state index contributed by atoms with van der Waals surface area (Å²) < 4.78 is 6.60. The van der Waals surface area contributed by atoms with Gasteiger partial charge in [-0.3, -0.25) is 9.69 Å². The molecule has 1 amide bonds. The fourth-order valence-corrected chi connectivity index (χ4v) is 5.71. The zero-order valence-electron chi connectivity index (χ0n) is 23.8. The van der Waals surface area contributed by atoms with Crippen LogP contribution in [0.1, 0.15) is 46.4 Å². The molecule has 1 aliphatic heterocycles. The lowest BCUT2D eigenvalue weighted by atomic mass is 9.99. The lowest BCUT2D eigenvalue weighted by Gasteiger charge is -2.29. The second kappa shape index (κ2) is 13.6. The second-order valence-corrected chi connectivity index (χ2v) is 10.5. The van der Waals surface area contributed by atoms with Crippen LogP contribution in [0.5, 0.6) is 5.75 Å². The Morgan fingerprint density at radius 2 is 1.55 bits per heavy atom. The van der Waals surface area contributed by atoms with Crippen molar-refractivity contribution in [1.82, 2.24) is 15.2 Å². The summed E-state index contributed by atoms with van der Waals surface area (Å²) in [5, 5.41) is 4.09. The number of rotatable bonds is 9. The Bertz CT molecular complexity index is 1640. The first-order chi connectivity index (χ1) is 20.2. The van der Waals surface area contributed by atoms with Crippen LogP contribution in [0, 0.1) is 0 Å². The lowest BCUT2D eigenvalue weighted by Crippen LogP contribution is -2.34. The van der Waals surface area contributed by atoms with Crippen LogP contribution >= 0.6 is 12.4 Å². The monoisotopic (exact) mass is 577 g/mol. The summed E-state index contributed by atoms with van der Waals surface area (Å²) in [6.45, 7) is 5.20. The molecule has 5 nitrogen and oxygen atoms in total. The Morgan fingerprint density at radius 1 is 0.881 bits per heavy atom. The number of carbonyl (C=O) groups excluding carboxylic acids is 1. The van der Waals surface area contributed by atoms with Crippen molar-refractivity contribution in [2.45, 2.75) is 32.4 Å². The van der Waals surface area contributed by atoms with Crippen molar-refractivity contribution in [2.75, 3.05) is 19.7 Å². The topological polar surface area (TPSA) is 54.5 Å². The van der Waals surface area contributed by atoms with Gasteiger partial charge in [0, 0.05) is 30.6 Å². The van der Waals surface area contributed by atoms with E-state index in [0.717, 1.165) is 54.5 Å². The van der Waals surface area contributed by atoms with Gasteiger partial charge in [0.1, 0.15) is 12.3 Å². The van der Waals surface area contributed by atoms with Crippen LogP contribution in [0.4, 0.5) is 0 Å². The van der Waals surface area contributed by atoms with Crippen LogP contribution in [0.2, 0.25) is 0 Å². The highest BCUT2D eigenvalue weighted by Gasteiger charge is 2.25. The third-order valence-corrected chi connectivity index (χ3v) is 7.90. The van der Waals surface area contributed by atoms with Crippen LogP contribution in [0.3, 0.4) is 0 Å². The highest BCUT2D eigenvalue weighted by atomic mass is 35.5. The molecule has 5 aromatic rings. The number of para-hydroxylation sites is 1. The SMILES string of the molecule is CCC(NC(=O)c1c(OCCN2CCc3ccccc3C2)c(-c2ccccc2)nc2ccccc12)c1ccccc1.Cl. The van der Waals surface area contributed by atoms with E-state index in [-0.39, 0.29) is 24.4 Å². The maximum atomic E-state index is 14.2. The van der Waals surface area contributed by atoms with E-state index >= 15 is 0 Å². The van der Waals surface area contributed by atoms with Crippen LogP contribution in [-0.4, -0.2) is 35.5 Å². The van der Waals surface area contributed by atoms with Gasteiger partial charge in [-0.25, -0.2) is 4.98 Å². The molecule has 0 fully saturated rings. The summed E-state index contributed by atoms with van der Waals surface area (Å²) in [5.74, 6) is 0.381. The molecule has 0 radical (unpaired) electrons. The Morgan fingerprint density at radius 3 is 2.31 bits per heavy atom. The van der Waals surface area contributed by atoms with Crippen molar-refractivity contribution >= 4 is 29.2 Å². The highest BCUT2D eigenvalue weighted by molar-refractivity contribution is 6.10. The summed E-state index contributed by atoms with van der Waals surface area (Å²) in [7, 11) is 0. The van der Waals surface area contributed by atoms with Crippen LogP contribution in [0.15, 0.2) is 109 Å². The number of nitrogens with one attached hydrogen (secondary N) is 1. The molecule has 6 rings (SSSR count). The molecule has 0 aliphatic carbocycles. The van der Waals surface area contributed by atoms with E-state index in [2.05, 4.69) is 53.5 Å². The first-order valence-corrected chi connectivity index (χ1v) is 14.5. The van der Waals surface area contributed by atoms with E-state index in [1.165, 1.54) is 11.1 Å². The van der Waals surface area contributed by atoms with Gasteiger partial charge in [0.05, 0.1) is 17.1 Å². The molecule has 0 saturated carbocycles. The molecular weight excluding hydrogens is 542 g/mol. The van der Waals surface area contributed by atoms with Crippen molar-refractivity contribution in [3.63, 3.8) is 0 Å². The number of hydrogen-bond acceptors (Lipinski definition) is 4. The van der Waals surface area contributed by atoms with Gasteiger partial charge in [-0.2, -0.15) is 0 Å². The number of halogens is 1. The number of benzene rings is 4. The number of pyridine rings is 1. The molecular formula is C36H36ClN3O2. The van der Waals surface area contributed by atoms with Gasteiger partial charge in [0.25, 0.3) is 5.91 Å². The first kappa shape index (κ1) is 29.3. The van der Waals surface area contributed by atoms with Crippen molar-refractivity contribution in [1.29, 1.82) is 0 Å². The quantitative estimate of drug-likeness (QED) is 0.195. The van der Waals surface area contributed by atoms with Crippen LogP contribution < -0.4 is 10.1 Å². The average molecular weight is 578 g/mol. The van der Waals surface area contributed by atoms with Crippen molar-refractivity contribution in [3.05, 3.63) is 131 Å². The molecule has 0 bridgehead atoms. The number of amides is 1. The molecule has 6 heteroatoms. The number of hydrogen-bond donors (Lipinski definition) is 1. The van der Waals surface area contributed by atoms with Crippen molar-refractivity contribution in [2.24, 2.45) is 0 Å². The second-order valence-electron chi connectivity index (χ2n) is 10.5. The predicted molar refractivity (Wildman–Crippen MR) is 172 cm³/mol. The highest BCUT2D eigenvalue weighted by Crippen LogP contribution is 2.37. The zero-order valence-corrected chi connectivity index (χ0v) is 24.6. The van der Waals surface area contributed by atoms with Crippen molar-refractivity contribution in [3.8, 4) is 17.0 Å². The standard InChI is InChI=1S/C36H35N3O2.ClH/c1-2-31(27-14-5-3-6-15-27)38-36(40)33-30-19-11-12-20-32(30)37-34(28-16-7-4-8-17-28)35(33)41-24-23-39-22-21-26-13-9-10-18-29(26)25-39;/h3-20,31H,2,21-25H2,1H3,(H,38,40);1H. The van der Waals surface area contributed by atoms with E-state index in [1.807, 2.05) is 72.8 Å². The summed E-state index contributed by atoms with van der Waals surface area (Å²) in [6, 6.07) is 36.5. The predicted octanol–water partition coefficient (Wildman–Crippen LogP) is 7.64. The van der Waals surface area contributed by atoms with Gasteiger partial charge >= 0.3 is 0 Å². The maximum absolute atomic E-state index is 14.2. The van der Waals surface area contributed by atoms with Crippen molar-refractivity contribution < 1.29 is 9.53 Å². The molecule has 2 heterocycles. The first-order valence-electron chi connectivity index (χ1n) is 14.5. The molecule has 1 atom stereocenters. The number of nitrogens with zero attached hydrogens (tertiary/aromatic N) is 2. The molecule has 214 valence electrons. The van der Waals surface area contributed by atoms with Crippen LogP contribution in [0.25, 0.3) is 22.2 Å². The Hall–Kier alpha value is -4.19. The molecule has 1 aliphatic rings. The summed E-state index contributed by atoms with van der Waals surface area (Å²) in [4.78, 5) is 21.6. The third kappa shape index (κ3) is 6.33. The minimum atomic E-state index is -0.154. The van der Waals surface area contributed by atoms with Gasteiger partial charge in [-0.15, -0.1) is 12.4 Å². The minimum Gasteiger partial charge on any atom is -0.489 e. The van der Waals surface area contributed by atoms with E-state index in [0.29, 0.717) is 23.6 Å². The summed E-state index contributed by atoms with van der Waals surface area (Å²) >= 11 is 0. The molecule has 0 saturated heterocycles. The fraction of sp³-hybridized carbons (Fsp3) is 0.222. The number of ether oxygens (including phenoxy) is 1. The molecule has 1 N–H and O–H groups in total.